The minimum absolute atomic E-state index is 0.0932. The van der Waals surface area contributed by atoms with Gasteiger partial charge in [0.25, 0.3) is 0 Å². The number of ether oxygens (including phenoxy) is 1. The first-order valence-electron chi connectivity index (χ1n) is 5.96. The van der Waals surface area contributed by atoms with Crippen LogP contribution < -0.4 is 11.0 Å². The number of alkyl halides is 2. The summed E-state index contributed by atoms with van der Waals surface area (Å²) in [5.74, 6) is -4.34. The van der Waals surface area contributed by atoms with Crippen LogP contribution in [0.3, 0.4) is 0 Å². The van der Waals surface area contributed by atoms with Gasteiger partial charge in [0, 0.05) is 13.1 Å². The van der Waals surface area contributed by atoms with Gasteiger partial charge in [0.15, 0.2) is 6.10 Å². The number of aliphatic hydroxyl groups is 2. The molecule has 1 fully saturated rings. The van der Waals surface area contributed by atoms with Gasteiger partial charge in [-0.15, -0.1) is 0 Å². The largest absolute Gasteiger partial charge is 0.394 e. The number of hydrogen-bond acceptors (Lipinski definition) is 6. The molecule has 3 unspecified atom stereocenters. The number of rotatable bonds is 3. The van der Waals surface area contributed by atoms with Crippen molar-refractivity contribution < 1.29 is 28.5 Å². The molecule has 1 aliphatic heterocycles. The first-order chi connectivity index (χ1) is 9.77. The molecule has 0 aliphatic carbocycles. The molecule has 0 saturated carbocycles. The summed E-state index contributed by atoms with van der Waals surface area (Å²) in [6.07, 6.45) is -4.87. The van der Waals surface area contributed by atoms with Crippen LogP contribution in [0.25, 0.3) is 0 Å². The Hall–Kier alpha value is -1.91. The normalized spacial score (nSPS) is 27.6. The highest BCUT2D eigenvalue weighted by atomic mass is 19.3. The fourth-order valence-corrected chi connectivity index (χ4v) is 1.96. The number of nitrogens with one attached hydrogen (secondary N) is 1. The van der Waals surface area contributed by atoms with E-state index in [1.165, 1.54) is 6.92 Å². The predicted octanol–water partition coefficient (Wildman–Crippen LogP) is -0.912. The van der Waals surface area contributed by atoms with Gasteiger partial charge in [-0.1, -0.05) is 0 Å². The maximum Gasteiger partial charge on any atom is 0.351 e. The number of nitrogens with zero attached hydrogens (tertiary/aromatic N) is 2. The second-order valence-electron chi connectivity index (χ2n) is 4.51. The van der Waals surface area contributed by atoms with Crippen LogP contribution in [0.2, 0.25) is 0 Å². The summed E-state index contributed by atoms with van der Waals surface area (Å²) in [6.45, 7) is 0.378. The third kappa shape index (κ3) is 2.77. The number of anilines is 1. The third-order valence-corrected chi connectivity index (χ3v) is 2.95. The van der Waals surface area contributed by atoms with Crippen LogP contribution in [-0.4, -0.2) is 50.4 Å². The summed E-state index contributed by atoms with van der Waals surface area (Å²) in [4.78, 5) is 26.0. The number of hydrogen-bond donors (Lipinski definition) is 3. The predicted molar refractivity (Wildman–Crippen MR) is 64.8 cm³/mol. The lowest BCUT2D eigenvalue weighted by atomic mass is 10.1. The number of aromatic nitrogens is 2. The fraction of sp³-hybridized carbons (Fsp3) is 0.545. The van der Waals surface area contributed by atoms with Gasteiger partial charge in [-0.3, -0.25) is 9.36 Å². The average Bonchev–Trinajstić information content (AvgIpc) is 2.61. The maximum atomic E-state index is 13.9. The molecule has 1 aromatic heterocycles. The Labute approximate surface area is 117 Å². The molecule has 1 saturated heterocycles. The van der Waals surface area contributed by atoms with E-state index in [-0.39, 0.29) is 5.82 Å². The van der Waals surface area contributed by atoms with Gasteiger partial charge in [-0.2, -0.15) is 13.8 Å². The third-order valence-electron chi connectivity index (χ3n) is 2.95. The first kappa shape index (κ1) is 15.5. The van der Waals surface area contributed by atoms with Crippen molar-refractivity contribution in [1.29, 1.82) is 0 Å². The van der Waals surface area contributed by atoms with Gasteiger partial charge in [-0.05, 0) is 6.07 Å². The van der Waals surface area contributed by atoms with Gasteiger partial charge in [0.05, 0.1) is 6.61 Å². The van der Waals surface area contributed by atoms with Crippen LogP contribution in [0.5, 0.6) is 0 Å². The van der Waals surface area contributed by atoms with Crippen LogP contribution in [0, 0.1) is 0 Å². The van der Waals surface area contributed by atoms with Gasteiger partial charge >= 0.3 is 11.6 Å². The molecule has 21 heavy (non-hydrogen) atoms. The van der Waals surface area contributed by atoms with E-state index in [0.717, 1.165) is 12.3 Å². The van der Waals surface area contributed by atoms with E-state index in [1.54, 1.807) is 0 Å². The smallest absolute Gasteiger partial charge is 0.351 e. The molecule has 10 heteroatoms. The number of amides is 1. The Morgan fingerprint density at radius 1 is 1.62 bits per heavy atom. The molecule has 1 amide bonds. The molecule has 8 nitrogen and oxygen atoms in total. The number of aliphatic hydroxyl groups excluding tert-OH is 2. The molecule has 0 aromatic carbocycles. The molecule has 1 aromatic rings. The topological polar surface area (TPSA) is 114 Å². The Balaban J connectivity index is 2.34. The fourth-order valence-electron chi connectivity index (χ4n) is 1.96. The average molecular weight is 305 g/mol. The zero-order valence-electron chi connectivity index (χ0n) is 10.9. The van der Waals surface area contributed by atoms with E-state index < -0.39 is 42.6 Å². The molecular formula is C11H13F2N3O5. The van der Waals surface area contributed by atoms with Crippen LogP contribution in [0.4, 0.5) is 14.6 Å². The number of carbonyl (C=O) groups is 1. The van der Waals surface area contributed by atoms with Gasteiger partial charge in [0.2, 0.25) is 12.1 Å². The van der Waals surface area contributed by atoms with Crippen molar-refractivity contribution in [3.8, 4) is 0 Å². The molecule has 0 radical (unpaired) electrons. The Morgan fingerprint density at radius 3 is 2.76 bits per heavy atom. The zero-order chi connectivity index (χ0) is 15.8. The molecule has 3 atom stereocenters. The molecule has 116 valence electrons. The van der Waals surface area contributed by atoms with Crippen molar-refractivity contribution in [2.24, 2.45) is 0 Å². The highest BCUT2D eigenvalue weighted by Gasteiger charge is 2.59. The maximum absolute atomic E-state index is 13.9. The molecule has 0 bridgehead atoms. The summed E-state index contributed by atoms with van der Waals surface area (Å²) >= 11 is 0. The van der Waals surface area contributed by atoms with Gasteiger partial charge in [-0.25, -0.2) is 4.79 Å². The Morgan fingerprint density at radius 2 is 2.29 bits per heavy atom. The van der Waals surface area contributed by atoms with Crippen LogP contribution >= 0.6 is 0 Å². The van der Waals surface area contributed by atoms with Crippen molar-refractivity contribution in [2.45, 2.75) is 31.3 Å². The molecule has 1 aliphatic rings. The van der Waals surface area contributed by atoms with Crippen molar-refractivity contribution >= 4 is 11.7 Å². The van der Waals surface area contributed by atoms with E-state index in [9.17, 15) is 23.5 Å². The van der Waals surface area contributed by atoms with Crippen LogP contribution in [0.1, 0.15) is 13.2 Å². The summed E-state index contributed by atoms with van der Waals surface area (Å²) in [6, 6.07) is 1.14. The van der Waals surface area contributed by atoms with Crippen molar-refractivity contribution in [1.82, 2.24) is 9.55 Å². The summed E-state index contributed by atoms with van der Waals surface area (Å²) < 4.78 is 33.0. The van der Waals surface area contributed by atoms with E-state index in [1.807, 2.05) is 0 Å². The van der Waals surface area contributed by atoms with Crippen LogP contribution in [-0.2, 0) is 9.53 Å². The minimum Gasteiger partial charge on any atom is -0.394 e. The summed E-state index contributed by atoms with van der Waals surface area (Å²) in [7, 11) is 0. The number of halogens is 2. The van der Waals surface area contributed by atoms with E-state index in [4.69, 9.17) is 9.84 Å². The minimum atomic E-state index is -3.77. The van der Waals surface area contributed by atoms with Crippen molar-refractivity contribution in [2.75, 3.05) is 11.9 Å². The molecule has 2 heterocycles. The molecule has 3 N–H and O–H groups in total. The summed E-state index contributed by atoms with van der Waals surface area (Å²) in [5, 5.41) is 20.5. The molecule has 2 rings (SSSR count). The highest BCUT2D eigenvalue weighted by Crippen LogP contribution is 2.41. The zero-order valence-corrected chi connectivity index (χ0v) is 10.9. The van der Waals surface area contributed by atoms with E-state index in [0.29, 0.717) is 4.57 Å². The number of carbonyl (C=O) groups excluding carboxylic acids is 1. The molecular weight excluding hydrogens is 292 g/mol. The Bertz CT molecular complexity index is 606. The van der Waals surface area contributed by atoms with E-state index in [2.05, 4.69) is 10.3 Å². The second kappa shape index (κ2) is 5.47. The Kier molecular flexibility index (Phi) is 4.03. The monoisotopic (exact) mass is 305 g/mol. The standard InChI is InChI=1S/C11H13F2N3O5/c1-5(18)14-7-2-3-16(10(20)15-7)9-11(12,13)8(19)6(4-17)21-9/h2-3,6,8-9,17,19H,4H2,1H3,(H,14,15,18,20). The van der Waals surface area contributed by atoms with Gasteiger partial charge in [0.1, 0.15) is 11.9 Å². The van der Waals surface area contributed by atoms with Crippen molar-refractivity contribution in [3.63, 3.8) is 0 Å². The highest BCUT2D eigenvalue weighted by molar-refractivity contribution is 5.87. The van der Waals surface area contributed by atoms with Gasteiger partial charge < -0.3 is 20.3 Å². The SMILES string of the molecule is CC(=O)Nc1ccn(C2OC(CO)C(O)C2(F)F)c(=O)n1. The lowest BCUT2D eigenvalue weighted by Crippen LogP contribution is -2.41. The second-order valence-corrected chi connectivity index (χ2v) is 4.51. The van der Waals surface area contributed by atoms with Crippen molar-refractivity contribution in [3.05, 3.63) is 22.7 Å². The first-order valence-corrected chi connectivity index (χ1v) is 5.96. The lowest BCUT2D eigenvalue weighted by molar-refractivity contribution is -0.141. The lowest BCUT2D eigenvalue weighted by Gasteiger charge is -2.21. The summed E-state index contributed by atoms with van der Waals surface area (Å²) in [5.41, 5.74) is -1.09. The quantitative estimate of drug-likeness (QED) is 0.666. The van der Waals surface area contributed by atoms with E-state index >= 15 is 0 Å². The molecule has 0 spiro atoms. The van der Waals surface area contributed by atoms with Crippen LogP contribution in [0.15, 0.2) is 17.1 Å².